The quantitative estimate of drug-likeness (QED) is 0.300. The third-order valence-corrected chi connectivity index (χ3v) is 3.98. The van der Waals surface area contributed by atoms with Crippen molar-refractivity contribution in [2.75, 3.05) is 27.2 Å². The van der Waals surface area contributed by atoms with E-state index in [1.54, 1.807) is 5.54 Å². The van der Waals surface area contributed by atoms with Gasteiger partial charge in [0.1, 0.15) is 0 Å². The van der Waals surface area contributed by atoms with E-state index in [1.807, 2.05) is 0 Å². The molecule has 0 rings (SSSR count). The number of rotatable bonds is 13. The summed E-state index contributed by atoms with van der Waals surface area (Å²) < 4.78 is 1.06. The molecule has 0 saturated carbocycles. The highest BCUT2D eigenvalue weighted by atomic mass is 35.5. The lowest BCUT2D eigenvalue weighted by molar-refractivity contribution is -0.884. The van der Waals surface area contributed by atoms with Gasteiger partial charge in [-0.25, -0.2) is 0 Å². The zero-order valence-corrected chi connectivity index (χ0v) is 14.2. The minimum atomic E-state index is 1.04. The lowest BCUT2D eigenvalue weighted by Crippen LogP contribution is -2.40. The fourth-order valence-electron chi connectivity index (χ4n) is 2.44. The van der Waals surface area contributed by atoms with Crippen molar-refractivity contribution in [3.8, 4) is 0 Å². The van der Waals surface area contributed by atoms with E-state index in [1.165, 1.54) is 70.8 Å². The van der Waals surface area contributed by atoms with Gasteiger partial charge in [-0.05, 0) is 18.9 Å². The predicted molar refractivity (Wildman–Crippen MR) is 88.7 cm³/mol. The Morgan fingerprint density at radius 2 is 1.26 bits per heavy atom. The van der Waals surface area contributed by atoms with Crippen molar-refractivity contribution in [3.63, 3.8) is 0 Å². The first-order valence-electron chi connectivity index (χ1n) is 8.19. The van der Waals surface area contributed by atoms with Gasteiger partial charge in [-0.1, -0.05) is 69.9 Å². The second-order valence-corrected chi connectivity index (χ2v) is 6.64. The van der Waals surface area contributed by atoms with Gasteiger partial charge in [0.25, 0.3) is 0 Å². The summed E-state index contributed by atoms with van der Waals surface area (Å²) in [6.07, 6.45) is 16.2. The first-order valence-corrected chi connectivity index (χ1v) is 8.63. The molecule has 0 unspecified atom stereocenters. The maximum Gasteiger partial charge on any atom is 0.0981 e. The molecule has 0 aliphatic carbocycles. The number of nitrogens with zero attached hydrogens (tertiary/aromatic N) is 1. The number of unbranched alkanes of at least 4 members (excludes halogenated alkanes) is 9. The zero-order valence-electron chi connectivity index (χ0n) is 13.5. The lowest BCUT2D eigenvalue weighted by Gasteiger charge is -2.28. The molecule has 1 nitrogen and oxygen atoms in total. The molecule has 0 radical (unpaired) electrons. The van der Waals surface area contributed by atoms with Crippen molar-refractivity contribution in [2.24, 2.45) is 0 Å². The number of hydrogen-bond donors (Lipinski definition) is 0. The molecule has 0 bridgehead atoms. The minimum Gasteiger partial charge on any atom is -0.325 e. The standard InChI is InChI=1S/C17H35ClN/c1-4-5-6-7-8-9-10-11-12-13-16-19(2,3)17-14-15-18/h14-15H,4-13,16-17H2,1-3H3/q+1/b15-14+. The van der Waals surface area contributed by atoms with Crippen molar-refractivity contribution >= 4 is 11.6 Å². The van der Waals surface area contributed by atoms with Gasteiger partial charge in [0.05, 0.1) is 27.2 Å². The Morgan fingerprint density at radius 1 is 0.789 bits per heavy atom. The molecular weight excluding hydrogens is 254 g/mol. The fourth-order valence-corrected chi connectivity index (χ4v) is 2.52. The van der Waals surface area contributed by atoms with Crippen LogP contribution in [-0.4, -0.2) is 31.7 Å². The number of halogens is 1. The topological polar surface area (TPSA) is 0 Å². The fraction of sp³-hybridized carbons (Fsp3) is 0.882. The largest absolute Gasteiger partial charge is 0.325 e. The van der Waals surface area contributed by atoms with E-state index in [-0.39, 0.29) is 0 Å². The van der Waals surface area contributed by atoms with E-state index >= 15 is 0 Å². The molecule has 0 fully saturated rings. The SMILES string of the molecule is CCCCCCCCCCCC[N+](C)(C)C/C=C/Cl. The van der Waals surface area contributed by atoms with Crippen LogP contribution in [0.3, 0.4) is 0 Å². The Hall–Kier alpha value is -0.0100. The summed E-state index contributed by atoms with van der Waals surface area (Å²) in [6.45, 7) is 4.58. The van der Waals surface area contributed by atoms with Gasteiger partial charge >= 0.3 is 0 Å². The molecule has 0 aliphatic heterocycles. The van der Waals surface area contributed by atoms with Crippen molar-refractivity contribution in [2.45, 2.75) is 71.1 Å². The highest BCUT2D eigenvalue weighted by Gasteiger charge is 2.11. The molecule has 0 heterocycles. The van der Waals surface area contributed by atoms with Crippen LogP contribution in [-0.2, 0) is 0 Å². The second-order valence-electron chi connectivity index (χ2n) is 6.39. The Morgan fingerprint density at radius 3 is 1.74 bits per heavy atom. The van der Waals surface area contributed by atoms with Gasteiger partial charge in [0, 0.05) is 5.54 Å². The molecule has 0 aromatic rings. The Kier molecular flexibility index (Phi) is 13.0. The van der Waals surface area contributed by atoms with Crippen molar-refractivity contribution in [3.05, 3.63) is 11.6 Å². The van der Waals surface area contributed by atoms with Crippen LogP contribution >= 0.6 is 11.6 Å². The molecule has 114 valence electrons. The summed E-state index contributed by atoms with van der Waals surface area (Å²) in [7, 11) is 4.56. The summed E-state index contributed by atoms with van der Waals surface area (Å²) >= 11 is 5.58. The van der Waals surface area contributed by atoms with Gasteiger partial charge < -0.3 is 4.48 Å². The molecule has 0 N–H and O–H groups in total. The monoisotopic (exact) mass is 288 g/mol. The van der Waals surface area contributed by atoms with Crippen molar-refractivity contribution in [1.29, 1.82) is 0 Å². The summed E-state index contributed by atoms with van der Waals surface area (Å²) in [5.41, 5.74) is 1.64. The third kappa shape index (κ3) is 14.2. The first-order chi connectivity index (χ1) is 9.12. The zero-order chi connectivity index (χ0) is 14.4. The van der Waals surface area contributed by atoms with Crippen LogP contribution in [0.15, 0.2) is 11.6 Å². The highest BCUT2D eigenvalue weighted by Crippen LogP contribution is 2.11. The van der Waals surface area contributed by atoms with Gasteiger partial charge in [0.2, 0.25) is 0 Å². The number of quaternary nitrogens is 1. The van der Waals surface area contributed by atoms with Crippen LogP contribution < -0.4 is 0 Å². The molecule has 19 heavy (non-hydrogen) atoms. The number of hydrogen-bond acceptors (Lipinski definition) is 0. The van der Waals surface area contributed by atoms with Crippen LogP contribution in [0.1, 0.15) is 71.1 Å². The van der Waals surface area contributed by atoms with E-state index in [9.17, 15) is 0 Å². The Bertz CT molecular complexity index is 211. The normalized spacial score (nSPS) is 12.4. The van der Waals surface area contributed by atoms with E-state index in [2.05, 4.69) is 27.1 Å². The van der Waals surface area contributed by atoms with Crippen LogP contribution in [0.4, 0.5) is 0 Å². The van der Waals surface area contributed by atoms with Crippen LogP contribution in [0, 0.1) is 0 Å². The maximum absolute atomic E-state index is 5.58. The summed E-state index contributed by atoms with van der Waals surface area (Å²) in [5.74, 6) is 0. The van der Waals surface area contributed by atoms with Gasteiger partial charge in [-0.2, -0.15) is 0 Å². The summed E-state index contributed by atoms with van der Waals surface area (Å²) in [4.78, 5) is 0. The highest BCUT2D eigenvalue weighted by molar-refractivity contribution is 6.25. The molecule has 2 heteroatoms. The lowest BCUT2D eigenvalue weighted by atomic mass is 10.1. The van der Waals surface area contributed by atoms with Crippen LogP contribution in [0.5, 0.6) is 0 Å². The Labute approximate surface area is 126 Å². The van der Waals surface area contributed by atoms with E-state index in [0.717, 1.165) is 11.0 Å². The third-order valence-electron chi connectivity index (χ3n) is 3.81. The molecule has 0 spiro atoms. The molecule has 0 atom stereocenters. The Balaban J connectivity index is 3.26. The van der Waals surface area contributed by atoms with Gasteiger partial charge in [0.15, 0.2) is 0 Å². The van der Waals surface area contributed by atoms with Crippen molar-refractivity contribution < 1.29 is 4.48 Å². The van der Waals surface area contributed by atoms with Crippen LogP contribution in [0.25, 0.3) is 0 Å². The molecule has 0 aromatic heterocycles. The summed E-state index contributed by atoms with van der Waals surface area (Å²) in [5, 5.41) is 0. The van der Waals surface area contributed by atoms with E-state index in [0.29, 0.717) is 0 Å². The molecule has 0 amide bonds. The smallest absolute Gasteiger partial charge is 0.0981 e. The minimum absolute atomic E-state index is 1.04. The average molecular weight is 289 g/mol. The molecule has 0 saturated heterocycles. The molecular formula is C17H35ClN+. The first kappa shape index (κ1) is 19.0. The van der Waals surface area contributed by atoms with Gasteiger partial charge in [-0.15, -0.1) is 0 Å². The van der Waals surface area contributed by atoms with Gasteiger partial charge in [-0.3, -0.25) is 0 Å². The molecule has 0 aromatic carbocycles. The predicted octanol–water partition coefficient (Wildman–Crippen LogP) is 5.74. The average Bonchev–Trinajstić information content (AvgIpc) is 2.38. The van der Waals surface area contributed by atoms with Crippen LogP contribution in [0.2, 0.25) is 0 Å². The van der Waals surface area contributed by atoms with E-state index in [4.69, 9.17) is 11.6 Å². The molecule has 0 aliphatic rings. The number of likely N-dealkylation sites (N-methyl/N-ethyl adjacent to an activating group) is 1. The summed E-state index contributed by atoms with van der Waals surface area (Å²) in [6, 6.07) is 0. The van der Waals surface area contributed by atoms with E-state index < -0.39 is 0 Å². The maximum atomic E-state index is 5.58. The van der Waals surface area contributed by atoms with Crippen molar-refractivity contribution in [1.82, 2.24) is 0 Å². The second kappa shape index (κ2) is 13.0.